The molecule has 0 radical (unpaired) electrons. The zero-order valence-corrected chi connectivity index (χ0v) is 14.4. The molecular formula is C17H31N5. The lowest BCUT2D eigenvalue weighted by Gasteiger charge is -2.16. The molecule has 0 atom stereocenters. The van der Waals surface area contributed by atoms with E-state index in [1.54, 1.807) is 0 Å². The van der Waals surface area contributed by atoms with Crippen LogP contribution < -0.4 is 11.1 Å². The summed E-state index contributed by atoms with van der Waals surface area (Å²) in [7, 11) is 2.01. The summed E-state index contributed by atoms with van der Waals surface area (Å²) >= 11 is 0. The summed E-state index contributed by atoms with van der Waals surface area (Å²) in [6.07, 6.45) is 9.64. The second-order valence-electron chi connectivity index (χ2n) is 6.24. The molecule has 0 amide bonds. The van der Waals surface area contributed by atoms with E-state index in [0.717, 1.165) is 18.5 Å². The van der Waals surface area contributed by atoms with Gasteiger partial charge in [-0.05, 0) is 25.7 Å². The predicted octanol–water partition coefficient (Wildman–Crippen LogP) is 2.67. The smallest absolute Gasteiger partial charge is 0.189 e. The van der Waals surface area contributed by atoms with Crippen molar-refractivity contribution in [2.24, 2.45) is 17.8 Å². The first kappa shape index (κ1) is 16.8. The topological polar surface area (TPSA) is 68.2 Å². The van der Waals surface area contributed by atoms with Crippen LogP contribution in [0.2, 0.25) is 0 Å². The van der Waals surface area contributed by atoms with Crippen molar-refractivity contribution in [3.05, 3.63) is 17.0 Å². The standard InChI is InChI=1S/C17H31N5/c1-4-15-14(16(5-2)22(3)21-15)12-19-17(18)20-13-10-8-6-7-9-11-13/h13H,4-12H2,1-3H3,(H3,18,19,20). The molecule has 22 heavy (non-hydrogen) atoms. The van der Waals surface area contributed by atoms with Crippen LogP contribution in [0.4, 0.5) is 0 Å². The fourth-order valence-corrected chi connectivity index (χ4v) is 3.42. The van der Waals surface area contributed by atoms with Crippen LogP contribution in [-0.2, 0) is 26.4 Å². The zero-order valence-electron chi connectivity index (χ0n) is 14.4. The molecule has 1 saturated carbocycles. The number of aryl methyl sites for hydroxylation is 2. The van der Waals surface area contributed by atoms with Crippen LogP contribution >= 0.6 is 0 Å². The normalized spacial score (nSPS) is 17.5. The van der Waals surface area contributed by atoms with Gasteiger partial charge in [-0.25, -0.2) is 4.99 Å². The van der Waals surface area contributed by atoms with Crippen molar-refractivity contribution in [2.75, 3.05) is 0 Å². The van der Waals surface area contributed by atoms with Crippen LogP contribution in [0.25, 0.3) is 0 Å². The Morgan fingerprint density at radius 1 is 1.23 bits per heavy atom. The van der Waals surface area contributed by atoms with Gasteiger partial charge >= 0.3 is 0 Å². The Morgan fingerprint density at radius 3 is 2.50 bits per heavy atom. The summed E-state index contributed by atoms with van der Waals surface area (Å²) in [5.74, 6) is 0.583. The molecule has 2 rings (SSSR count). The van der Waals surface area contributed by atoms with Gasteiger partial charge < -0.3 is 11.1 Å². The molecule has 124 valence electrons. The Kier molecular flexibility index (Phi) is 6.28. The van der Waals surface area contributed by atoms with Crippen LogP contribution in [0.3, 0.4) is 0 Å². The molecule has 1 heterocycles. The Hall–Kier alpha value is -1.52. The van der Waals surface area contributed by atoms with Crippen LogP contribution in [0.15, 0.2) is 4.99 Å². The zero-order chi connectivity index (χ0) is 15.9. The van der Waals surface area contributed by atoms with Crippen LogP contribution in [0.1, 0.15) is 69.3 Å². The number of hydrogen-bond donors (Lipinski definition) is 2. The third-order valence-corrected chi connectivity index (χ3v) is 4.64. The van der Waals surface area contributed by atoms with E-state index in [1.807, 2.05) is 11.7 Å². The highest BCUT2D eigenvalue weighted by Gasteiger charge is 2.14. The number of rotatable bonds is 5. The molecule has 0 saturated heterocycles. The van der Waals surface area contributed by atoms with E-state index >= 15 is 0 Å². The average molecular weight is 305 g/mol. The Bertz CT molecular complexity index is 495. The minimum atomic E-state index is 0.497. The first-order valence-electron chi connectivity index (χ1n) is 8.75. The number of hydrogen-bond acceptors (Lipinski definition) is 2. The van der Waals surface area contributed by atoms with Gasteiger partial charge in [0, 0.05) is 24.3 Å². The summed E-state index contributed by atoms with van der Waals surface area (Å²) < 4.78 is 1.98. The van der Waals surface area contributed by atoms with Crippen LogP contribution in [-0.4, -0.2) is 21.8 Å². The third kappa shape index (κ3) is 4.24. The van der Waals surface area contributed by atoms with Gasteiger partial charge in [0.05, 0.1) is 12.2 Å². The van der Waals surface area contributed by atoms with E-state index in [-0.39, 0.29) is 0 Å². The minimum absolute atomic E-state index is 0.497. The second-order valence-corrected chi connectivity index (χ2v) is 6.24. The molecule has 1 aromatic heterocycles. The van der Waals surface area contributed by atoms with Crippen molar-refractivity contribution in [3.8, 4) is 0 Å². The second kappa shape index (κ2) is 8.20. The highest BCUT2D eigenvalue weighted by molar-refractivity contribution is 5.78. The highest BCUT2D eigenvalue weighted by atomic mass is 15.3. The molecule has 5 nitrogen and oxygen atoms in total. The largest absolute Gasteiger partial charge is 0.370 e. The Morgan fingerprint density at radius 2 is 1.91 bits per heavy atom. The molecule has 5 heteroatoms. The molecule has 1 aliphatic rings. The first-order chi connectivity index (χ1) is 10.7. The van der Waals surface area contributed by atoms with Crippen molar-refractivity contribution >= 4 is 5.96 Å². The molecule has 0 bridgehead atoms. The van der Waals surface area contributed by atoms with Crippen molar-refractivity contribution < 1.29 is 0 Å². The van der Waals surface area contributed by atoms with E-state index in [2.05, 4.69) is 29.3 Å². The first-order valence-corrected chi connectivity index (χ1v) is 8.75. The molecular weight excluding hydrogens is 274 g/mol. The number of nitrogens with two attached hydrogens (primary N) is 1. The van der Waals surface area contributed by atoms with Gasteiger partial charge in [0.25, 0.3) is 0 Å². The Balaban J connectivity index is 2.00. The third-order valence-electron chi connectivity index (χ3n) is 4.64. The monoisotopic (exact) mass is 305 g/mol. The Labute approximate surface area is 134 Å². The van der Waals surface area contributed by atoms with E-state index in [1.165, 1.54) is 49.8 Å². The molecule has 0 aromatic carbocycles. The van der Waals surface area contributed by atoms with Gasteiger partial charge in [-0.1, -0.05) is 39.5 Å². The van der Waals surface area contributed by atoms with Crippen molar-refractivity contribution in [3.63, 3.8) is 0 Å². The van der Waals surface area contributed by atoms with Gasteiger partial charge in [0.15, 0.2) is 5.96 Å². The van der Waals surface area contributed by atoms with Gasteiger partial charge in [0.1, 0.15) is 0 Å². The maximum Gasteiger partial charge on any atom is 0.189 e. The highest BCUT2D eigenvalue weighted by Crippen LogP contribution is 2.18. The minimum Gasteiger partial charge on any atom is -0.370 e. The molecule has 1 aliphatic carbocycles. The molecule has 0 aliphatic heterocycles. The number of aromatic nitrogens is 2. The number of nitrogens with zero attached hydrogens (tertiary/aromatic N) is 3. The van der Waals surface area contributed by atoms with Gasteiger partial charge in [-0.15, -0.1) is 0 Å². The summed E-state index contributed by atoms with van der Waals surface area (Å²) in [5, 5.41) is 8.00. The van der Waals surface area contributed by atoms with Crippen molar-refractivity contribution in [1.29, 1.82) is 0 Å². The molecule has 1 fully saturated rings. The summed E-state index contributed by atoms with van der Waals surface area (Å²) in [6, 6.07) is 0.497. The lowest BCUT2D eigenvalue weighted by atomic mass is 10.1. The fraction of sp³-hybridized carbons (Fsp3) is 0.765. The lowest BCUT2D eigenvalue weighted by molar-refractivity contribution is 0.530. The van der Waals surface area contributed by atoms with Gasteiger partial charge in [-0.3, -0.25) is 4.68 Å². The lowest BCUT2D eigenvalue weighted by Crippen LogP contribution is -2.39. The molecule has 0 unspecified atom stereocenters. The van der Waals surface area contributed by atoms with Crippen LogP contribution in [0, 0.1) is 0 Å². The molecule has 1 aromatic rings. The van der Waals surface area contributed by atoms with Crippen molar-refractivity contribution in [1.82, 2.24) is 15.1 Å². The maximum atomic E-state index is 6.10. The molecule has 3 N–H and O–H groups in total. The summed E-state index contributed by atoms with van der Waals surface area (Å²) in [4.78, 5) is 4.58. The fourth-order valence-electron chi connectivity index (χ4n) is 3.42. The summed E-state index contributed by atoms with van der Waals surface area (Å²) in [6.45, 7) is 4.94. The quantitative estimate of drug-likeness (QED) is 0.499. The maximum absolute atomic E-state index is 6.10. The summed E-state index contributed by atoms with van der Waals surface area (Å²) in [5.41, 5.74) is 9.76. The van der Waals surface area contributed by atoms with Crippen molar-refractivity contribution in [2.45, 2.75) is 77.8 Å². The SMILES string of the molecule is CCc1nn(C)c(CC)c1CN=C(N)NC1CCCCCC1. The number of nitrogens with one attached hydrogen (secondary N) is 1. The van der Waals surface area contributed by atoms with E-state index in [0.29, 0.717) is 18.5 Å². The number of guanidine groups is 1. The predicted molar refractivity (Wildman–Crippen MR) is 91.9 cm³/mol. The number of aliphatic imine (C=N–C) groups is 1. The van der Waals surface area contributed by atoms with Gasteiger partial charge in [-0.2, -0.15) is 5.10 Å². The molecule has 0 spiro atoms. The average Bonchev–Trinajstić information content (AvgIpc) is 2.66. The van der Waals surface area contributed by atoms with E-state index in [9.17, 15) is 0 Å². The van der Waals surface area contributed by atoms with Crippen LogP contribution in [0.5, 0.6) is 0 Å². The van der Waals surface area contributed by atoms with Gasteiger partial charge in [0.2, 0.25) is 0 Å². The van der Waals surface area contributed by atoms with E-state index in [4.69, 9.17) is 5.73 Å². The van der Waals surface area contributed by atoms with E-state index < -0.39 is 0 Å².